The summed E-state index contributed by atoms with van der Waals surface area (Å²) in [5.41, 5.74) is 0. The largest absolute Gasteiger partial charge is 0.457 e. The van der Waals surface area contributed by atoms with Crippen molar-refractivity contribution in [3.63, 3.8) is 0 Å². The van der Waals surface area contributed by atoms with Crippen LogP contribution < -0.4 is 0 Å². The summed E-state index contributed by atoms with van der Waals surface area (Å²) in [7, 11) is -3.11. The molecule has 5 unspecified atom stereocenters. The standard InChI is InChI=1S/C13H18O7S/c1-3-10(14)19-5-11(15)20-13-7(2)4-9-8(12(13)16)6-21(9,17)18/h3,7-9,12-13,16H,1,4-6H2,2H3. The number of hydrogen-bond donors (Lipinski definition) is 1. The number of ether oxygens (including phenoxy) is 2. The minimum atomic E-state index is -3.11. The molecular weight excluding hydrogens is 300 g/mol. The topological polar surface area (TPSA) is 107 Å². The van der Waals surface area contributed by atoms with Crippen LogP contribution in [0.4, 0.5) is 0 Å². The molecule has 1 heterocycles. The number of aliphatic hydroxyl groups excluding tert-OH is 1. The van der Waals surface area contributed by atoms with Gasteiger partial charge in [-0.3, -0.25) is 0 Å². The molecule has 1 aliphatic heterocycles. The van der Waals surface area contributed by atoms with E-state index in [2.05, 4.69) is 11.3 Å². The Kier molecular flexibility index (Phi) is 4.38. The zero-order valence-corrected chi connectivity index (χ0v) is 12.4. The van der Waals surface area contributed by atoms with Gasteiger partial charge in [-0.1, -0.05) is 13.5 Å². The van der Waals surface area contributed by atoms with Gasteiger partial charge in [0, 0.05) is 12.0 Å². The third-order valence-corrected chi connectivity index (χ3v) is 6.38. The van der Waals surface area contributed by atoms with Crippen LogP contribution in [0.15, 0.2) is 12.7 Å². The summed E-state index contributed by atoms with van der Waals surface area (Å²) in [6.45, 7) is 4.36. The highest BCUT2D eigenvalue weighted by molar-refractivity contribution is 7.93. The Morgan fingerprint density at radius 2 is 2.10 bits per heavy atom. The molecule has 0 aromatic carbocycles. The van der Waals surface area contributed by atoms with Gasteiger partial charge in [-0.2, -0.15) is 0 Å². The smallest absolute Gasteiger partial charge is 0.344 e. The molecule has 1 aliphatic carbocycles. The maximum Gasteiger partial charge on any atom is 0.344 e. The average Bonchev–Trinajstić information content (AvgIpc) is 2.43. The maximum absolute atomic E-state index is 11.6. The zero-order valence-electron chi connectivity index (χ0n) is 11.6. The van der Waals surface area contributed by atoms with Crippen molar-refractivity contribution in [2.75, 3.05) is 12.4 Å². The highest BCUT2D eigenvalue weighted by Gasteiger charge is 2.56. The molecule has 0 radical (unpaired) electrons. The minimum absolute atomic E-state index is 0.0783. The van der Waals surface area contributed by atoms with E-state index in [0.29, 0.717) is 6.42 Å². The molecule has 1 saturated carbocycles. The van der Waals surface area contributed by atoms with Crippen molar-refractivity contribution in [2.45, 2.75) is 30.8 Å². The quantitative estimate of drug-likeness (QED) is 0.547. The number of rotatable bonds is 4. The van der Waals surface area contributed by atoms with E-state index in [4.69, 9.17) is 4.74 Å². The molecule has 2 fully saturated rings. The Balaban J connectivity index is 1.93. The first-order valence-electron chi connectivity index (χ1n) is 6.64. The van der Waals surface area contributed by atoms with Crippen molar-refractivity contribution in [2.24, 2.45) is 11.8 Å². The van der Waals surface area contributed by atoms with Gasteiger partial charge >= 0.3 is 11.9 Å². The first-order chi connectivity index (χ1) is 9.76. The van der Waals surface area contributed by atoms with E-state index in [-0.39, 0.29) is 17.6 Å². The van der Waals surface area contributed by atoms with E-state index in [9.17, 15) is 23.1 Å². The summed E-state index contributed by atoms with van der Waals surface area (Å²) in [4.78, 5) is 22.4. The summed E-state index contributed by atoms with van der Waals surface area (Å²) in [6.07, 6.45) is -0.512. The molecule has 0 aromatic heterocycles. The Morgan fingerprint density at radius 1 is 1.43 bits per heavy atom. The van der Waals surface area contributed by atoms with E-state index in [0.717, 1.165) is 6.08 Å². The van der Waals surface area contributed by atoms with Gasteiger partial charge < -0.3 is 14.6 Å². The summed E-state index contributed by atoms with van der Waals surface area (Å²) < 4.78 is 32.9. The van der Waals surface area contributed by atoms with E-state index < -0.39 is 45.8 Å². The predicted octanol–water partition coefficient (Wildman–Crippen LogP) is -0.559. The van der Waals surface area contributed by atoms with Crippen molar-refractivity contribution < 1.29 is 32.6 Å². The monoisotopic (exact) mass is 318 g/mol. The fourth-order valence-corrected chi connectivity index (χ4v) is 5.17. The van der Waals surface area contributed by atoms with Gasteiger partial charge in [0.2, 0.25) is 0 Å². The van der Waals surface area contributed by atoms with Gasteiger partial charge in [0.15, 0.2) is 16.4 Å². The van der Waals surface area contributed by atoms with E-state index in [1.165, 1.54) is 0 Å². The van der Waals surface area contributed by atoms with Crippen LogP contribution in [-0.4, -0.2) is 55.3 Å². The molecular formula is C13H18O7S. The Morgan fingerprint density at radius 3 is 2.67 bits per heavy atom. The van der Waals surface area contributed by atoms with Gasteiger partial charge in [0.05, 0.1) is 17.1 Å². The van der Waals surface area contributed by atoms with Crippen molar-refractivity contribution in [1.29, 1.82) is 0 Å². The highest BCUT2D eigenvalue weighted by Crippen LogP contribution is 2.43. The van der Waals surface area contributed by atoms with Gasteiger partial charge in [0.25, 0.3) is 0 Å². The lowest BCUT2D eigenvalue weighted by Gasteiger charge is -2.48. The van der Waals surface area contributed by atoms with Gasteiger partial charge in [-0.25, -0.2) is 18.0 Å². The molecule has 2 aliphatic rings. The molecule has 21 heavy (non-hydrogen) atoms. The fourth-order valence-electron chi connectivity index (χ4n) is 2.92. The van der Waals surface area contributed by atoms with E-state index >= 15 is 0 Å². The number of carbonyl (C=O) groups is 2. The second-order valence-corrected chi connectivity index (χ2v) is 7.77. The summed E-state index contributed by atoms with van der Waals surface area (Å²) in [6, 6.07) is 0. The molecule has 0 amide bonds. The Bertz CT molecular complexity index is 553. The minimum Gasteiger partial charge on any atom is -0.457 e. The Hall–Kier alpha value is -1.41. The fraction of sp³-hybridized carbons (Fsp3) is 0.692. The third kappa shape index (κ3) is 3.11. The van der Waals surface area contributed by atoms with Crippen LogP contribution in [0.3, 0.4) is 0 Å². The van der Waals surface area contributed by atoms with E-state index in [1.54, 1.807) is 6.92 Å². The van der Waals surface area contributed by atoms with Gasteiger partial charge in [-0.15, -0.1) is 0 Å². The zero-order chi connectivity index (χ0) is 15.8. The molecule has 0 spiro atoms. The van der Waals surface area contributed by atoms with Crippen LogP contribution in [-0.2, 0) is 28.9 Å². The molecule has 1 N–H and O–H groups in total. The molecule has 8 heteroatoms. The molecule has 1 saturated heterocycles. The first kappa shape index (κ1) is 16.0. The molecule has 5 atom stereocenters. The van der Waals surface area contributed by atoms with Crippen LogP contribution in [0.5, 0.6) is 0 Å². The highest BCUT2D eigenvalue weighted by atomic mass is 32.2. The van der Waals surface area contributed by atoms with Crippen molar-refractivity contribution >= 4 is 21.8 Å². The second kappa shape index (κ2) is 5.76. The predicted molar refractivity (Wildman–Crippen MR) is 71.9 cm³/mol. The lowest BCUT2D eigenvalue weighted by Crippen LogP contribution is -2.62. The number of aliphatic hydroxyl groups is 1. The summed E-state index contributed by atoms with van der Waals surface area (Å²) >= 11 is 0. The van der Waals surface area contributed by atoms with Gasteiger partial charge in [-0.05, 0) is 12.3 Å². The SMILES string of the molecule is C=CC(=O)OCC(=O)OC1C(C)CC2C(CS2(=O)=O)C1O. The van der Waals surface area contributed by atoms with Gasteiger partial charge in [0.1, 0.15) is 6.10 Å². The maximum atomic E-state index is 11.6. The van der Waals surface area contributed by atoms with Crippen LogP contribution in [0.2, 0.25) is 0 Å². The number of esters is 2. The normalized spacial score (nSPS) is 36.8. The third-order valence-electron chi connectivity index (χ3n) is 4.07. The number of fused-ring (bicyclic) bond motifs is 1. The molecule has 0 aromatic rings. The lowest BCUT2D eigenvalue weighted by molar-refractivity contribution is -0.173. The van der Waals surface area contributed by atoms with E-state index in [1.807, 2.05) is 0 Å². The number of sulfone groups is 1. The van der Waals surface area contributed by atoms with Crippen LogP contribution in [0.25, 0.3) is 0 Å². The first-order valence-corrected chi connectivity index (χ1v) is 8.36. The van der Waals surface area contributed by atoms with Crippen molar-refractivity contribution in [3.8, 4) is 0 Å². The van der Waals surface area contributed by atoms with Crippen molar-refractivity contribution in [3.05, 3.63) is 12.7 Å². The lowest BCUT2D eigenvalue weighted by atomic mass is 9.78. The van der Waals surface area contributed by atoms with Crippen LogP contribution in [0, 0.1) is 11.8 Å². The van der Waals surface area contributed by atoms with Crippen LogP contribution in [0.1, 0.15) is 13.3 Å². The molecule has 7 nitrogen and oxygen atoms in total. The molecule has 2 rings (SSSR count). The van der Waals surface area contributed by atoms with Crippen molar-refractivity contribution in [1.82, 2.24) is 0 Å². The molecule has 118 valence electrons. The molecule has 0 bridgehead atoms. The second-order valence-electron chi connectivity index (χ2n) is 5.50. The Labute approximate surface area is 122 Å². The average molecular weight is 318 g/mol. The summed E-state index contributed by atoms with van der Waals surface area (Å²) in [5.74, 6) is -2.27. The van der Waals surface area contributed by atoms with Crippen LogP contribution >= 0.6 is 0 Å². The number of hydrogen-bond acceptors (Lipinski definition) is 7. The number of carbonyl (C=O) groups excluding carboxylic acids is 2. The summed E-state index contributed by atoms with van der Waals surface area (Å²) in [5, 5.41) is 9.62.